The molecule has 1 saturated heterocycles. The second-order valence-corrected chi connectivity index (χ2v) is 5.87. The first-order valence-electron chi connectivity index (χ1n) is 5.93. The number of hydrogen-bond acceptors (Lipinski definition) is 3. The van der Waals surface area contributed by atoms with Crippen molar-refractivity contribution in [1.82, 2.24) is 5.32 Å². The number of hydrogen-bond donors (Lipinski definition) is 2. The van der Waals surface area contributed by atoms with Crippen molar-refractivity contribution in [3.63, 3.8) is 0 Å². The lowest BCUT2D eigenvalue weighted by Gasteiger charge is -2.32. The van der Waals surface area contributed by atoms with Crippen LogP contribution >= 0.6 is 11.8 Å². The minimum atomic E-state index is 0.400. The molecule has 2 aliphatic rings. The van der Waals surface area contributed by atoms with E-state index in [1.165, 1.54) is 43.6 Å². The quantitative estimate of drug-likeness (QED) is 0.746. The summed E-state index contributed by atoms with van der Waals surface area (Å²) in [5.41, 5.74) is 6.20. The third kappa shape index (κ3) is 2.88. The van der Waals surface area contributed by atoms with Gasteiger partial charge in [0.15, 0.2) is 0 Å². The first-order chi connectivity index (χ1) is 6.86. The van der Waals surface area contributed by atoms with Crippen LogP contribution in [0.2, 0.25) is 0 Å². The van der Waals surface area contributed by atoms with Gasteiger partial charge >= 0.3 is 0 Å². The maximum Gasteiger partial charge on any atom is 0.0194 e. The minimum absolute atomic E-state index is 0.400. The molecule has 3 N–H and O–H groups in total. The van der Waals surface area contributed by atoms with E-state index < -0.39 is 0 Å². The zero-order valence-corrected chi connectivity index (χ0v) is 9.69. The van der Waals surface area contributed by atoms with Gasteiger partial charge in [0.25, 0.3) is 0 Å². The summed E-state index contributed by atoms with van der Waals surface area (Å²) in [5, 5.41) is 3.58. The Morgan fingerprint density at radius 1 is 1.21 bits per heavy atom. The van der Waals surface area contributed by atoms with Crippen LogP contribution in [0.5, 0.6) is 0 Å². The molecule has 0 bridgehead atoms. The molecular formula is C11H22N2S. The highest BCUT2D eigenvalue weighted by Gasteiger charge is 2.23. The van der Waals surface area contributed by atoms with Crippen molar-refractivity contribution in [2.45, 2.75) is 44.2 Å². The molecule has 82 valence electrons. The fourth-order valence-corrected chi connectivity index (χ4v) is 3.37. The van der Waals surface area contributed by atoms with Gasteiger partial charge in [-0.05, 0) is 43.1 Å². The first kappa shape index (κ1) is 10.8. The Kier molecular flexibility index (Phi) is 4.14. The van der Waals surface area contributed by atoms with Gasteiger partial charge in [0.05, 0.1) is 0 Å². The van der Waals surface area contributed by atoms with Gasteiger partial charge in [-0.25, -0.2) is 0 Å². The maximum atomic E-state index is 6.20. The molecule has 1 saturated carbocycles. The molecule has 3 heteroatoms. The van der Waals surface area contributed by atoms with Gasteiger partial charge < -0.3 is 11.1 Å². The summed E-state index contributed by atoms with van der Waals surface area (Å²) in [6.45, 7) is 1.04. The summed E-state index contributed by atoms with van der Waals surface area (Å²) in [7, 11) is 0. The molecule has 1 aliphatic carbocycles. The van der Waals surface area contributed by atoms with Gasteiger partial charge in [-0.15, -0.1) is 0 Å². The topological polar surface area (TPSA) is 38.0 Å². The molecule has 2 nitrogen and oxygen atoms in total. The summed E-state index contributed by atoms with van der Waals surface area (Å²) in [5.74, 6) is 3.42. The minimum Gasteiger partial charge on any atom is -0.326 e. The molecule has 14 heavy (non-hydrogen) atoms. The largest absolute Gasteiger partial charge is 0.326 e. The van der Waals surface area contributed by atoms with E-state index in [0.717, 1.165) is 18.5 Å². The smallest absolute Gasteiger partial charge is 0.0194 e. The van der Waals surface area contributed by atoms with Crippen molar-refractivity contribution < 1.29 is 0 Å². The van der Waals surface area contributed by atoms with Gasteiger partial charge in [0, 0.05) is 18.6 Å². The molecule has 0 aromatic rings. The number of thioether (sulfide) groups is 1. The van der Waals surface area contributed by atoms with E-state index in [2.05, 4.69) is 17.1 Å². The molecule has 0 aromatic carbocycles. The fourth-order valence-electron chi connectivity index (χ4n) is 2.23. The van der Waals surface area contributed by atoms with E-state index in [1.807, 2.05) is 0 Å². The Bertz CT molecular complexity index is 165. The zero-order chi connectivity index (χ0) is 9.80. The van der Waals surface area contributed by atoms with E-state index in [0.29, 0.717) is 6.04 Å². The lowest BCUT2D eigenvalue weighted by Crippen LogP contribution is -2.46. The Morgan fingerprint density at radius 3 is 2.50 bits per heavy atom. The molecule has 1 unspecified atom stereocenters. The van der Waals surface area contributed by atoms with E-state index in [1.54, 1.807) is 0 Å². The van der Waals surface area contributed by atoms with Crippen molar-refractivity contribution in [1.29, 1.82) is 0 Å². The second kappa shape index (κ2) is 5.38. The van der Waals surface area contributed by atoms with Gasteiger partial charge in [-0.3, -0.25) is 0 Å². The number of nitrogens with one attached hydrogen (secondary N) is 1. The van der Waals surface area contributed by atoms with Gasteiger partial charge in [0.1, 0.15) is 0 Å². The van der Waals surface area contributed by atoms with Crippen LogP contribution in [0.15, 0.2) is 0 Å². The monoisotopic (exact) mass is 214 g/mol. The molecule has 0 aromatic heterocycles. The Labute approximate surface area is 91.4 Å². The highest BCUT2D eigenvalue weighted by molar-refractivity contribution is 7.99. The van der Waals surface area contributed by atoms with Crippen molar-refractivity contribution in [2.24, 2.45) is 11.7 Å². The van der Waals surface area contributed by atoms with E-state index in [4.69, 9.17) is 5.73 Å². The van der Waals surface area contributed by atoms with E-state index in [9.17, 15) is 0 Å². The van der Waals surface area contributed by atoms with Crippen molar-refractivity contribution >= 4 is 11.8 Å². The Balaban J connectivity index is 1.62. The summed E-state index contributed by atoms with van der Waals surface area (Å²) >= 11 is 2.08. The van der Waals surface area contributed by atoms with Crippen LogP contribution < -0.4 is 11.1 Å². The van der Waals surface area contributed by atoms with Crippen LogP contribution in [0.4, 0.5) is 0 Å². The van der Waals surface area contributed by atoms with Crippen LogP contribution in [0, 0.1) is 5.92 Å². The van der Waals surface area contributed by atoms with Gasteiger partial charge in [0.2, 0.25) is 0 Å². The molecular weight excluding hydrogens is 192 g/mol. The van der Waals surface area contributed by atoms with Crippen LogP contribution in [-0.4, -0.2) is 30.1 Å². The molecule has 0 radical (unpaired) electrons. The zero-order valence-electron chi connectivity index (χ0n) is 8.87. The first-order valence-corrected chi connectivity index (χ1v) is 7.08. The fraction of sp³-hybridized carbons (Fsp3) is 1.00. The van der Waals surface area contributed by atoms with E-state index in [-0.39, 0.29) is 0 Å². The standard InChI is InChI=1S/C11H22N2S/c12-11(8-13-10-2-1-3-10)9-4-6-14-7-5-9/h9-11,13H,1-8,12H2. The predicted molar refractivity (Wildman–Crippen MR) is 63.7 cm³/mol. The van der Waals surface area contributed by atoms with Crippen LogP contribution in [0.3, 0.4) is 0 Å². The maximum absolute atomic E-state index is 6.20. The molecule has 0 spiro atoms. The molecule has 1 atom stereocenters. The highest BCUT2D eigenvalue weighted by Crippen LogP contribution is 2.25. The Hall–Kier alpha value is 0.270. The molecule has 2 rings (SSSR count). The number of nitrogens with two attached hydrogens (primary N) is 1. The summed E-state index contributed by atoms with van der Waals surface area (Å²) in [6, 6.07) is 1.19. The average molecular weight is 214 g/mol. The summed E-state index contributed by atoms with van der Waals surface area (Å²) in [4.78, 5) is 0. The lowest BCUT2D eigenvalue weighted by molar-refractivity contribution is 0.302. The summed E-state index contributed by atoms with van der Waals surface area (Å²) < 4.78 is 0. The predicted octanol–water partition coefficient (Wildman–Crippen LogP) is 1.60. The summed E-state index contributed by atoms with van der Waals surface area (Å²) in [6.07, 6.45) is 6.81. The second-order valence-electron chi connectivity index (χ2n) is 4.65. The SMILES string of the molecule is NC(CNC1CCC1)C1CCSCC1. The van der Waals surface area contributed by atoms with Crippen LogP contribution in [0.1, 0.15) is 32.1 Å². The van der Waals surface area contributed by atoms with Crippen LogP contribution in [0.25, 0.3) is 0 Å². The van der Waals surface area contributed by atoms with E-state index >= 15 is 0 Å². The van der Waals surface area contributed by atoms with Gasteiger partial charge in [-0.2, -0.15) is 11.8 Å². The van der Waals surface area contributed by atoms with Crippen molar-refractivity contribution in [2.75, 3.05) is 18.1 Å². The van der Waals surface area contributed by atoms with Crippen LogP contribution in [-0.2, 0) is 0 Å². The third-order valence-electron chi connectivity index (χ3n) is 3.62. The molecule has 1 aliphatic heterocycles. The lowest BCUT2D eigenvalue weighted by atomic mass is 9.91. The third-order valence-corrected chi connectivity index (χ3v) is 4.67. The molecule has 0 amide bonds. The normalized spacial score (nSPS) is 27.2. The highest BCUT2D eigenvalue weighted by atomic mass is 32.2. The average Bonchev–Trinajstić information content (AvgIpc) is 2.16. The Morgan fingerprint density at radius 2 is 1.93 bits per heavy atom. The molecule has 2 fully saturated rings. The molecule has 1 heterocycles. The van der Waals surface area contributed by atoms with Crippen molar-refractivity contribution in [3.05, 3.63) is 0 Å². The van der Waals surface area contributed by atoms with Crippen molar-refractivity contribution in [3.8, 4) is 0 Å². The number of rotatable bonds is 4. The van der Waals surface area contributed by atoms with Gasteiger partial charge in [-0.1, -0.05) is 6.42 Å².